The second-order valence-corrected chi connectivity index (χ2v) is 18.9. The lowest BCUT2D eigenvalue weighted by Crippen LogP contribution is -2.50. The first-order valence-electron chi connectivity index (χ1n) is 22.8. The van der Waals surface area contributed by atoms with Crippen LogP contribution in [0.1, 0.15) is 78.3 Å². The smallest absolute Gasteiger partial charge is 0.292 e. The molecule has 5 unspecified atom stereocenters. The van der Waals surface area contributed by atoms with E-state index in [0.717, 1.165) is 86.7 Å². The van der Waals surface area contributed by atoms with E-state index in [4.69, 9.17) is 47.9 Å². The highest BCUT2D eigenvalue weighted by molar-refractivity contribution is 6.43. The fourth-order valence-corrected chi connectivity index (χ4v) is 10.3. The number of aliphatic hydroxyl groups is 2. The van der Waals surface area contributed by atoms with Crippen molar-refractivity contribution in [2.24, 2.45) is 5.73 Å². The number of nitrogens with one attached hydrogen (secondary N) is 1. The molecule has 4 aliphatic heterocycles. The quantitative estimate of drug-likeness (QED) is 0.0570. The minimum absolute atomic E-state index is 0.242. The highest BCUT2D eigenvalue weighted by Gasteiger charge is 2.37. The second-order valence-electron chi connectivity index (χ2n) is 18.1. The monoisotopic (exact) mass is 925 g/mol. The maximum Gasteiger partial charge on any atom is 0.292 e. The fraction of sp³-hybridized carbons (Fsp3) is 0.449. The molecule has 4 aromatic carbocycles. The van der Waals surface area contributed by atoms with E-state index in [9.17, 15) is 19.8 Å². The predicted molar refractivity (Wildman–Crippen MR) is 245 cm³/mol. The molecule has 0 radical (unpaired) electrons. The molecular formula is C49H55Cl2N6O8+. The van der Waals surface area contributed by atoms with E-state index in [-0.39, 0.29) is 11.7 Å². The van der Waals surface area contributed by atoms with Crippen LogP contribution in [0.3, 0.4) is 0 Å². The third kappa shape index (κ3) is 9.40. The van der Waals surface area contributed by atoms with Gasteiger partial charge in [0.25, 0.3) is 5.91 Å². The number of ether oxygens (including phenoxy) is 4. The molecule has 65 heavy (non-hydrogen) atoms. The number of Topliss-reactive ketones (excluding diaryl/α,β-unsaturated/α-hetero) is 1. The Morgan fingerprint density at radius 3 is 2.11 bits per heavy atom. The molecule has 1 aliphatic carbocycles. The van der Waals surface area contributed by atoms with Gasteiger partial charge in [0.2, 0.25) is 18.5 Å². The molecule has 0 spiro atoms. The summed E-state index contributed by atoms with van der Waals surface area (Å²) in [7, 11) is 0. The lowest BCUT2D eigenvalue weighted by molar-refractivity contribution is -0.778. The summed E-state index contributed by atoms with van der Waals surface area (Å²) in [6.07, 6.45) is 6.30. The Hall–Kier alpha value is -4.93. The Kier molecular flexibility index (Phi) is 12.7. The topological polar surface area (TPSA) is 165 Å². The number of carbonyl (C=O) groups is 2. The number of nitrogens with zero attached hydrogens (tertiary/aromatic N) is 4. The zero-order valence-electron chi connectivity index (χ0n) is 36.2. The maximum absolute atomic E-state index is 13.6. The van der Waals surface area contributed by atoms with Gasteiger partial charge in [-0.3, -0.25) is 9.59 Å². The summed E-state index contributed by atoms with van der Waals surface area (Å²) in [5.74, 6) is 0.329. The molecule has 0 bridgehead atoms. The average Bonchev–Trinajstić information content (AvgIpc) is 3.61. The van der Waals surface area contributed by atoms with Crippen molar-refractivity contribution < 1.29 is 43.4 Å². The lowest BCUT2D eigenvalue weighted by Gasteiger charge is -2.29. The number of ketones is 1. The van der Waals surface area contributed by atoms with Gasteiger partial charge >= 0.3 is 0 Å². The van der Waals surface area contributed by atoms with Crippen LogP contribution in [0.2, 0.25) is 10.0 Å². The highest BCUT2D eigenvalue weighted by Crippen LogP contribution is 2.43. The second kappa shape index (κ2) is 18.8. The van der Waals surface area contributed by atoms with E-state index < -0.39 is 36.0 Å². The van der Waals surface area contributed by atoms with Crippen LogP contribution in [0.25, 0.3) is 22.0 Å². The fourth-order valence-electron chi connectivity index (χ4n) is 9.73. The van der Waals surface area contributed by atoms with Crippen molar-refractivity contribution in [3.63, 3.8) is 0 Å². The van der Waals surface area contributed by atoms with Crippen molar-refractivity contribution in [3.8, 4) is 34.1 Å². The van der Waals surface area contributed by atoms with Gasteiger partial charge in [0.05, 0.1) is 33.6 Å². The normalized spacial score (nSPS) is 20.4. The molecule has 1 amide bonds. The molecule has 10 rings (SSSR count). The molecule has 5 N–H and O–H groups in total. The number of nitrogens with two attached hydrogens (primary N) is 1. The molecule has 342 valence electrons. The van der Waals surface area contributed by atoms with E-state index in [0.29, 0.717) is 89.7 Å². The van der Waals surface area contributed by atoms with Crippen LogP contribution in [0, 0.1) is 0 Å². The van der Waals surface area contributed by atoms with Crippen LogP contribution in [-0.4, -0.2) is 114 Å². The van der Waals surface area contributed by atoms with E-state index in [1.54, 1.807) is 36.4 Å². The van der Waals surface area contributed by atoms with Crippen LogP contribution in [0.4, 0.5) is 0 Å². The summed E-state index contributed by atoms with van der Waals surface area (Å²) >= 11 is 13.3. The predicted octanol–water partition coefficient (Wildman–Crippen LogP) is 5.80. The number of hydrogen-bond acceptors (Lipinski definition) is 11. The first-order valence-corrected chi connectivity index (χ1v) is 23.6. The van der Waals surface area contributed by atoms with Crippen LogP contribution in [-0.2, 0) is 11.3 Å². The van der Waals surface area contributed by atoms with Crippen molar-refractivity contribution in [2.45, 2.75) is 81.5 Å². The number of fused-ring (bicyclic) bond motifs is 3. The summed E-state index contributed by atoms with van der Waals surface area (Å²) in [5.41, 5.74) is 10.7. The Balaban J connectivity index is 0.815. The van der Waals surface area contributed by atoms with Crippen molar-refractivity contribution in [1.29, 1.82) is 0 Å². The Morgan fingerprint density at radius 1 is 0.769 bits per heavy atom. The van der Waals surface area contributed by atoms with Crippen molar-refractivity contribution in [2.75, 3.05) is 59.1 Å². The van der Waals surface area contributed by atoms with Crippen LogP contribution in [0.15, 0.2) is 72.9 Å². The van der Waals surface area contributed by atoms with Gasteiger partial charge in [0, 0.05) is 24.7 Å². The number of aliphatic hydroxyl groups excluding tert-OH is 2. The number of halogens is 2. The summed E-state index contributed by atoms with van der Waals surface area (Å²) in [5, 5.41) is 27.3. The molecule has 5 atom stereocenters. The van der Waals surface area contributed by atoms with E-state index in [2.05, 4.69) is 48.9 Å². The average molecular weight is 927 g/mol. The number of hydrogen-bond donors (Lipinski definition) is 4. The van der Waals surface area contributed by atoms with Crippen molar-refractivity contribution >= 4 is 45.8 Å². The minimum atomic E-state index is -1.16. The van der Waals surface area contributed by atoms with Gasteiger partial charge in [0.1, 0.15) is 31.4 Å². The van der Waals surface area contributed by atoms with Crippen LogP contribution in [0.5, 0.6) is 23.0 Å². The van der Waals surface area contributed by atoms with Gasteiger partial charge in [-0.15, -0.1) is 9.36 Å². The molecule has 2 saturated heterocycles. The first-order chi connectivity index (χ1) is 31.6. The lowest BCUT2D eigenvalue weighted by atomic mass is 9.99. The first kappa shape index (κ1) is 43.9. The zero-order chi connectivity index (χ0) is 44.8. The summed E-state index contributed by atoms with van der Waals surface area (Å²) < 4.78 is 28.6. The van der Waals surface area contributed by atoms with Gasteiger partial charge < -0.3 is 50.0 Å². The molecule has 1 saturated carbocycles. The van der Waals surface area contributed by atoms with Gasteiger partial charge in [-0.25, -0.2) is 0 Å². The molecule has 3 fully saturated rings. The van der Waals surface area contributed by atoms with Gasteiger partial charge in [-0.05, 0) is 123 Å². The van der Waals surface area contributed by atoms with Crippen LogP contribution < -0.4 is 34.7 Å². The number of benzene rings is 4. The largest absolute Gasteiger partial charge is 0.486 e. The summed E-state index contributed by atoms with van der Waals surface area (Å²) in [6, 6.07) is 19.3. The van der Waals surface area contributed by atoms with Crippen molar-refractivity contribution in [1.82, 2.24) is 19.8 Å². The number of aromatic nitrogens is 2. The minimum Gasteiger partial charge on any atom is -0.486 e. The van der Waals surface area contributed by atoms with E-state index in [1.807, 2.05) is 12.1 Å². The molecule has 5 heterocycles. The third-order valence-corrected chi connectivity index (χ3v) is 13.8. The third-order valence-electron chi connectivity index (χ3n) is 13.3. The van der Waals surface area contributed by atoms with E-state index >= 15 is 0 Å². The van der Waals surface area contributed by atoms with Gasteiger partial charge in [-0.2, -0.15) is 0 Å². The van der Waals surface area contributed by atoms with Gasteiger partial charge in [0.15, 0.2) is 29.1 Å². The standard InChI is InChI=1S/C49H54Cl2N6O8/c50-37-21-33(23-42-47(37)63-18-17-62-42)45(59)40(27-55-15-3-4-16-55)53-49(61)46(60)30-7-5-29(6-8-30)31-9-12-41-34(19-31)24-56(57(41)35-10-11-35)25-36-28-64-43-22-32(20-38(51)48(43)65-36)44(58)39(52)26-54-13-1-2-14-54/h5-9,12,19-24,35-36,39-40,44-45,58-59H,1-4,10-11,13-18,25-28,52H2/p+1. The number of rotatable bonds is 15. The molecule has 1 aromatic heterocycles. The molecule has 16 heteroatoms. The van der Waals surface area contributed by atoms with Crippen LogP contribution >= 0.6 is 23.2 Å². The summed E-state index contributed by atoms with van der Waals surface area (Å²) in [4.78, 5) is 31.7. The Bertz CT molecular complexity index is 2570. The molecule has 5 aliphatic rings. The van der Waals surface area contributed by atoms with Gasteiger partial charge in [-0.1, -0.05) is 53.5 Å². The summed E-state index contributed by atoms with van der Waals surface area (Å²) in [6.45, 7) is 6.23. The molecular weight excluding hydrogens is 871 g/mol. The maximum atomic E-state index is 13.6. The number of likely N-dealkylation sites (tertiary alicyclic amines) is 2. The van der Waals surface area contributed by atoms with E-state index in [1.165, 1.54) is 0 Å². The van der Waals surface area contributed by atoms with Crippen molar-refractivity contribution in [3.05, 3.63) is 99.7 Å². The zero-order valence-corrected chi connectivity index (χ0v) is 37.7. The molecule has 14 nitrogen and oxygen atoms in total. The molecule has 5 aromatic rings. The Morgan fingerprint density at radius 2 is 1.40 bits per heavy atom. The number of carbonyl (C=O) groups excluding carboxylic acids is 2. The highest BCUT2D eigenvalue weighted by atomic mass is 35.5. The SMILES string of the molecule is NC(CN1CCCC1)C(O)c1cc(Cl)c2c(c1)OCC(C[n+]1cc3cc(-c4ccc(C(=O)C(=O)NC(CN5CCCC5)C(O)c5cc(Cl)c6c(c5)OCCO6)cc4)ccc3n1C1CC1)O2. The Labute approximate surface area is 387 Å². The number of amides is 1.